The van der Waals surface area contributed by atoms with Gasteiger partial charge in [0.25, 0.3) is 0 Å². The molecule has 1 heterocycles. The van der Waals surface area contributed by atoms with Gasteiger partial charge in [0, 0.05) is 22.8 Å². The van der Waals surface area contributed by atoms with Crippen LogP contribution in [0.15, 0.2) is 59.8 Å². The molecule has 28 heavy (non-hydrogen) atoms. The van der Waals surface area contributed by atoms with E-state index in [4.69, 9.17) is 11.6 Å². The number of rotatable bonds is 7. The fourth-order valence-electron chi connectivity index (χ4n) is 3.10. The molecule has 0 bridgehead atoms. The molecular formula is C21H21ClN4OS. The number of amides is 1. The fraction of sp³-hybridized carbons (Fsp3) is 0.286. The molecule has 0 saturated heterocycles. The maximum Gasteiger partial charge on any atom is 0.230 e. The molecule has 1 N–H and O–H groups in total. The van der Waals surface area contributed by atoms with E-state index in [-0.39, 0.29) is 5.91 Å². The Morgan fingerprint density at radius 1 is 1.11 bits per heavy atom. The van der Waals surface area contributed by atoms with E-state index in [9.17, 15) is 4.79 Å². The summed E-state index contributed by atoms with van der Waals surface area (Å²) in [5.41, 5.74) is 1.87. The first-order valence-corrected chi connectivity index (χ1v) is 10.7. The van der Waals surface area contributed by atoms with Crippen molar-refractivity contribution >= 4 is 29.3 Å². The van der Waals surface area contributed by atoms with Crippen LogP contribution in [0.25, 0.3) is 17.1 Å². The van der Waals surface area contributed by atoms with Gasteiger partial charge in [0.15, 0.2) is 11.0 Å². The number of hydrogen-bond donors (Lipinski definition) is 1. The van der Waals surface area contributed by atoms with E-state index in [0.717, 1.165) is 23.6 Å². The average Bonchev–Trinajstić information content (AvgIpc) is 3.10. The molecule has 0 spiro atoms. The van der Waals surface area contributed by atoms with E-state index < -0.39 is 0 Å². The zero-order valence-electron chi connectivity index (χ0n) is 15.3. The van der Waals surface area contributed by atoms with Crippen LogP contribution in [0.3, 0.4) is 0 Å². The van der Waals surface area contributed by atoms with Crippen LogP contribution in [0.1, 0.15) is 19.3 Å². The van der Waals surface area contributed by atoms with Crippen LogP contribution in [0.4, 0.5) is 0 Å². The first-order chi connectivity index (χ1) is 13.7. The van der Waals surface area contributed by atoms with Crippen LogP contribution >= 0.6 is 23.4 Å². The Balaban J connectivity index is 1.54. The van der Waals surface area contributed by atoms with Crippen molar-refractivity contribution in [3.05, 3.63) is 59.6 Å². The number of thioether (sulfide) groups is 1. The number of nitrogens with zero attached hydrogens (tertiary/aromatic N) is 3. The standard InChI is InChI=1S/C21H21ClN4OS/c22-17-11-9-16(10-12-17)20-24-25-21(26(20)18-7-2-1-3-8-18)28-14-19(27)23-13-15-5-4-6-15/h1-3,7-12,15H,4-6,13-14H2,(H,23,27). The number of para-hydroxylation sites is 1. The average molecular weight is 413 g/mol. The van der Waals surface area contributed by atoms with E-state index in [1.54, 1.807) is 0 Å². The summed E-state index contributed by atoms with van der Waals surface area (Å²) in [6, 6.07) is 17.4. The van der Waals surface area contributed by atoms with Gasteiger partial charge in [-0.1, -0.05) is 48.0 Å². The molecule has 0 unspecified atom stereocenters. The van der Waals surface area contributed by atoms with Crippen molar-refractivity contribution in [3.8, 4) is 17.1 Å². The van der Waals surface area contributed by atoms with Gasteiger partial charge in [-0.25, -0.2) is 0 Å². The molecule has 0 aliphatic heterocycles. The van der Waals surface area contributed by atoms with Crippen LogP contribution in [0.5, 0.6) is 0 Å². The summed E-state index contributed by atoms with van der Waals surface area (Å²) < 4.78 is 1.98. The highest BCUT2D eigenvalue weighted by molar-refractivity contribution is 7.99. The number of halogens is 1. The van der Waals surface area contributed by atoms with Gasteiger partial charge in [-0.05, 0) is 55.2 Å². The molecule has 3 aromatic rings. The lowest BCUT2D eigenvalue weighted by Crippen LogP contribution is -2.33. The van der Waals surface area contributed by atoms with Gasteiger partial charge in [0.1, 0.15) is 0 Å². The largest absolute Gasteiger partial charge is 0.355 e. The monoisotopic (exact) mass is 412 g/mol. The smallest absolute Gasteiger partial charge is 0.230 e. The van der Waals surface area contributed by atoms with E-state index in [2.05, 4.69) is 15.5 Å². The zero-order valence-corrected chi connectivity index (χ0v) is 16.9. The second-order valence-electron chi connectivity index (χ2n) is 6.87. The third kappa shape index (κ3) is 4.39. The van der Waals surface area contributed by atoms with Crippen molar-refractivity contribution in [1.82, 2.24) is 20.1 Å². The molecule has 2 aromatic carbocycles. The molecular weight excluding hydrogens is 392 g/mol. The summed E-state index contributed by atoms with van der Waals surface area (Å²) in [5, 5.41) is 13.1. The minimum absolute atomic E-state index is 0.0348. The first-order valence-electron chi connectivity index (χ1n) is 9.37. The second-order valence-corrected chi connectivity index (χ2v) is 8.25. The van der Waals surface area contributed by atoms with Crippen LogP contribution in [-0.2, 0) is 4.79 Å². The molecule has 1 saturated carbocycles. The second kappa shape index (κ2) is 8.80. The first kappa shape index (κ1) is 19.0. The molecule has 4 rings (SSSR count). The number of nitrogens with one attached hydrogen (secondary N) is 1. The quantitative estimate of drug-likeness (QED) is 0.576. The summed E-state index contributed by atoms with van der Waals surface area (Å²) in [4.78, 5) is 12.2. The number of carbonyl (C=O) groups is 1. The highest BCUT2D eigenvalue weighted by atomic mass is 35.5. The Labute approximate surface area is 173 Å². The number of aromatic nitrogens is 3. The Hall–Kier alpha value is -2.31. The lowest BCUT2D eigenvalue weighted by Gasteiger charge is -2.25. The summed E-state index contributed by atoms with van der Waals surface area (Å²) in [6.45, 7) is 0.779. The van der Waals surface area contributed by atoms with Crippen molar-refractivity contribution in [2.75, 3.05) is 12.3 Å². The number of benzene rings is 2. The summed E-state index contributed by atoms with van der Waals surface area (Å²) in [6.07, 6.45) is 3.73. The topological polar surface area (TPSA) is 59.8 Å². The fourth-order valence-corrected chi connectivity index (χ4v) is 4.00. The molecule has 7 heteroatoms. The maximum atomic E-state index is 12.2. The Kier molecular flexibility index (Phi) is 5.98. The zero-order chi connectivity index (χ0) is 19.3. The van der Waals surface area contributed by atoms with Gasteiger partial charge < -0.3 is 5.32 Å². The molecule has 1 amide bonds. The Bertz CT molecular complexity index is 939. The Morgan fingerprint density at radius 2 is 1.86 bits per heavy atom. The molecule has 0 atom stereocenters. The summed E-state index contributed by atoms with van der Waals surface area (Å²) in [7, 11) is 0. The molecule has 1 aliphatic carbocycles. The van der Waals surface area contributed by atoms with Crippen LogP contribution in [-0.4, -0.2) is 33.0 Å². The van der Waals surface area contributed by atoms with Crippen molar-refractivity contribution in [3.63, 3.8) is 0 Å². The van der Waals surface area contributed by atoms with Crippen LogP contribution < -0.4 is 5.32 Å². The molecule has 1 aliphatic rings. The van der Waals surface area contributed by atoms with E-state index in [1.807, 2.05) is 59.2 Å². The van der Waals surface area contributed by atoms with Crippen molar-refractivity contribution < 1.29 is 4.79 Å². The van der Waals surface area contributed by atoms with E-state index >= 15 is 0 Å². The third-order valence-electron chi connectivity index (χ3n) is 4.90. The van der Waals surface area contributed by atoms with Crippen LogP contribution in [0.2, 0.25) is 5.02 Å². The minimum Gasteiger partial charge on any atom is -0.355 e. The third-order valence-corrected chi connectivity index (χ3v) is 6.08. The van der Waals surface area contributed by atoms with Crippen molar-refractivity contribution in [2.45, 2.75) is 24.4 Å². The SMILES string of the molecule is O=C(CSc1nnc(-c2ccc(Cl)cc2)n1-c1ccccc1)NCC1CCC1. The van der Waals surface area contributed by atoms with Gasteiger partial charge in [0.05, 0.1) is 5.75 Å². The van der Waals surface area contributed by atoms with E-state index in [0.29, 0.717) is 21.8 Å². The lowest BCUT2D eigenvalue weighted by molar-refractivity contribution is -0.118. The van der Waals surface area contributed by atoms with Gasteiger partial charge >= 0.3 is 0 Å². The Morgan fingerprint density at radius 3 is 2.54 bits per heavy atom. The molecule has 1 aromatic heterocycles. The predicted molar refractivity (Wildman–Crippen MR) is 113 cm³/mol. The van der Waals surface area contributed by atoms with Crippen molar-refractivity contribution in [1.29, 1.82) is 0 Å². The van der Waals surface area contributed by atoms with Crippen LogP contribution in [0, 0.1) is 5.92 Å². The van der Waals surface area contributed by atoms with Gasteiger partial charge in [0.2, 0.25) is 5.91 Å². The molecule has 144 valence electrons. The molecule has 0 radical (unpaired) electrons. The van der Waals surface area contributed by atoms with Gasteiger partial charge in [-0.2, -0.15) is 0 Å². The van der Waals surface area contributed by atoms with Crippen molar-refractivity contribution in [2.24, 2.45) is 5.92 Å². The highest BCUT2D eigenvalue weighted by Gasteiger charge is 2.19. The minimum atomic E-state index is 0.0348. The molecule has 5 nitrogen and oxygen atoms in total. The predicted octanol–water partition coefficient (Wildman–Crippen LogP) is 4.60. The summed E-state index contributed by atoms with van der Waals surface area (Å²) in [5.74, 6) is 1.73. The number of carbonyl (C=O) groups excluding carboxylic acids is 1. The lowest BCUT2D eigenvalue weighted by atomic mass is 9.85. The molecule has 1 fully saturated rings. The van der Waals surface area contributed by atoms with Gasteiger partial charge in [-0.3, -0.25) is 9.36 Å². The van der Waals surface area contributed by atoms with E-state index in [1.165, 1.54) is 31.0 Å². The normalized spacial score (nSPS) is 13.9. The summed E-state index contributed by atoms with van der Waals surface area (Å²) >= 11 is 7.42. The van der Waals surface area contributed by atoms with Gasteiger partial charge in [-0.15, -0.1) is 10.2 Å². The number of hydrogen-bond acceptors (Lipinski definition) is 4. The maximum absolute atomic E-state index is 12.2. The highest BCUT2D eigenvalue weighted by Crippen LogP contribution is 2.29.